The zero-order valence-electron chi connectivity index (χ0n) is 5.48. The summed E-state index contributed by atoms with van der Waals surface area (Å²) < 4.78 is 12.7. The average Bonchev–Trinajstić information content (AvgIpc) is 1.91. The number of hydrogen-bond acceptors (Lipinski definition) is 1. The molecule has 0 rings (SSSR count). The van der Waals surface area contributed by atoms with Crippen molar-refractivity contribution in [1.29, 1.82) is 0 Å². The fourth-order valence-corrected chi connectivity index (χ4v) is 0.673. The van der Waals surface area contributed by atoms with Crippen molar-refractivity contribution in [2.45, 2.75) is 0 Å². The second kappa shape index (κ2) is 5.38. The maximum atomic E-state index is 12.7. The largest absolute Gasteiger partial charge is 0.326 e. The number of rotatable bonds is 3. The van der Waals surface area contributed by atoms with E-state index in [1.807, 2.05) is 0 Å². The van der Waals surface area contributed by atoms with Gasteiger partial charge in [-0.2, -0.15) is 0 Å². The third kappa shape index (κ3) is 2.94. The highest BCUT2D eigenvalue weighted by Gasteiger charge is 1.94. The first-order chi connectivity index (χ1) is 4.76. The molecule has 56 valence electrons. The molecule has 0 aliphatic rings. The van der Waals surface area contributed by atoms with Gasteiger partial charge in [-0.1, -0.05) is 28.6 Å². The van der Waals surface area contributed by atoms with Gasteiger partial charge in [-0.05, 0) is 11.1 Å². The lowest BCUT2D eigenvalue weighted by molar-refractivity contribution is 0.655. The Kier molecular flexibility index (Phi) is 5.16. The zero-order valence-corrected chi connectivity index (χ0v) is 7.07. The molecule has 0 unspecified atom stereocenters. The summed E-state index contributed by atoms with van der Waals surface area (Å²) in [6.07, 6.45) is 2.69. The minimum atomic E-state index is -0.352. The van der Waals surface area contributed by atoms with E-state index in [9.17, 15) is 4.39 Å². The molecule has 3 heteroatoms. The van der Waals surface area contributed by atoms with Gasteiger partial charge in [-0.25, -0.2) is 4.39 Å². The van der Waals surface area contributed by atoms with Crippen molar-refractivity contribution in [3.63, 3.8) is 0 Å². The molecule has 0 aliphatic carbocycles. The number of nitrogens with two attached hydrogens (primary N) is 1. The van der Waals surface area contributed by atoms with Gasteiger partial charge in [0.1, 0.15) is 5.83 Å². The van der Waals surface area contributed by atoms with E-state index in [1.54, 1.807) is 0 Å². The highest BCUT2D eigenvalue weighted by Crippen LogP contribution is 2.08. The standard InChI is InChI=1S/C7H9BrFN/c1-2-6(5-10)7(9)3-4-8/h2-4H,1,5,10H2/b4-3+,7-6-. The van der Waals surface area contributed by atoms with Crippen LogP contribution in [0.25, 0.3) is 0 Å². The van der Waals surface area contributed by atoms with Crippen LogP contribution in [0.5, 0.6) is 0 Å². The van der Waals surface area contributed by atoms with Crippen molar-refractivity contribution < 1.29 is 4.39 Å². The molecule has 0 saturated heterocycles. The van der Waals surface area contributed by atoms with Crippen LogP contribution in [0.4, 0.5) is 4.39 Å². The van der Waals surface area contributed by atoms with Crippen LogP contribution in [0.3, 0.4) is 0 Å². The monoisotopic (exact) mass is 205 g/mol. The first kappa shape index (κ1) is 9.59. The van der Waals surface area contributed by atoms with Crippen LogP contribution < -0.4 is 5.73 Å². The number of halogens is 2. The zero-order chi connectivity index (χ0) is 7.98. The second-order valence-corrected chi connectivity index (χ2v) is 2.10. The minimum absolute atomic E-state index is 0.173. The van der Waals surface area contributed by atoms with Crippen molar-refractivity contribution in [3.8, 4) is 0 Å². The average molecular weight is 206 g/mol. The topological polar surface area (TPSA) is 26.0 Å². The van der Waals surface area contributed by atoms with Gasteiger partial charge in [-0.3, -0.25) is 0 Å². The molecule has 0 saturated carbocycles. The van der Waals surface area contributed by atoms with E-state index in [1.165, 1.54) is 17.1 Å². The maximum Gasteiger partial charge on any atom is 0.128 e. The van der Waals surface area contributed by atoms with Gasteiger partial charge in [-0.15, -0.1) is 0 Å². The maximum absolute atomic E-state index is 12.7. The van der Waals surface area contributed by atoms with Gasteiger partial charge in [0.15, 0.2) is 0 Å². The van der Waals surface area contributed by atoms with Gasteiger partial charge < -0.3 is 5.73 Å². The molecule has 0 radical (unpaired) electrons. The van der Waals surface area contributed by atoms with Crippen molar-refractivity contribution in [2.24, 2.45) is 5.73 Å². The summed E-state index contributed by atoms with van der Waals surface area (Å²) in [5.41, 5.74) is 5.61. The first-order valence-corrected chi connectivity index (χ1v) is 3.65. The summed E-state index contributed by atoms with van der Waals surface area (Å²) in [5.74, 6) is -0.352. The molecule has 2 N–H and O–H groups in total. The van der Waals surface area contributed by atoms with Gasteiger partial charge >= 0.3 is 0 Å². The van der Waals surface area contributed by atoms with E-state index in [4.69, 9.17) is 5.73 Å². The van der Waals surface area contributed by atoms with E-state index in [0.717, 1.165) is 0 Å². The Morgan fingerprint density at radius 2 is 2.30 bits per heavy atom. The molecular formula is C7H9BrFN. The van der Waals surface area contributed by atoms with E-state index < -0.39 is 0 Å². The minimum Gasteiger partial charge on any atom is -0.326 e. The van der Waals surface area contributed by atoms with Gasteiger partial charge in [0, 0.05) is 12.1 Å². The van der Waals surface area contributed by atoms with E-state index in [0.29, 0.717) is 5.57 Å². The third-order valence-electron chi connectivity index (χ3n) is 0.982. The molecule has 0 aromatic carbocycles. The predicted molar refractivity (Wildman–Crippen MR) is 45.5 cm³/mol. The van der Waals surface area contributed by atoms with Crippen LogP contribution in [0.1, 0.15) is 0 Å². The smallest absolute Gasteiger partial charge is 0.128 e. The van der Waals surface area contributed by atoms with Crippen molar-refractivity contribution >= 4 is 15.9 Å². The number of hydrogen-bond donors (Lipinski definition) is 1. The molecule has 0 spiro atoms. The Bertz CT molecular complexity index is 172. The molecule has 0 fully saturated rings. The normalized spacial score (nSPS) is 13.5. The molecule has 0 aliphatic heterocycles. The van der Waals surface area contributed by atoms with Gasteiger partial charge in [0.25, 0.3) is 0 Å². The quantitative estimate of drug-likeness (QED) is 0.704. The Morgan fingerprint density at radius 1 is 1.70 bits per heavy atom. The number of allylic oxidation sites excluding steroid dienone is 2. The summed E-state index contributed by atoms with van der Waals surface area (Å²) in [6, 6.07) is 0. The molecule has 0 bridgehead atoms. The van der Waals surface area contributed by atoms with E-state index >= 15 is 0 Å². The highest BCUT2D eigenvalue weighted by atomic mass is 79.9. The molecule has 1 nitrogen and oxygen atoms in total. The second-order valence-electron chi connectivity index (χ2n) is 1.57. The molecule has 10 heavy (non-hydrogen) atoms. The van der Waals surface area contributed by atoms with E-state index in [-0.39, 0.29) is 12.4 Å². The van der Waals surface area contributed by atoms with E-state index in [2.05, 4.69) is 22.5 Å². The lowest BCUT2D eigenvalue weighted by atomic mass is 10.2. The van der Waals surface area contributed by atoms with Gasteiger partial charge in [0.05, 0.1) is 0 Å². The lowest BCUT2D eigenvalue weighted by Gasteiger charge is -1.94. The molecular weight excluding hydrogens is 197 g/mol. The van der Waals surface area contributed by atoms with Gasteiger partial charge in [0.2, 0.25) is 0 Å². The molecule has 0 heterocycles. The SMILES string of the molecule is C=C/C(CN)=C(F)\C=C\Br. The highest BCUT2D eigenvalue weighted by molar-refractivity contribution is 9.11. The Labute approximate surface area is 68.2 Å². The third-order valence-corrected chi connectivity index (χ3v) is 1.25. The molecule has 0 aromatic heterocycles. The Balaban J connectivity index is 4.42. The molecule has 0 atom stereocenters. The Hall–Kier alpha value is -0.410. The van der Waals surface area contributed by atoms with Crippen LogP contribution in [0, 0.1) is 0 Å². The van der Waals surface area contributed by atoms with Crippen molar-refractivity contribution in [2.75, 3.05) is 6.54 Å². The summed E-state index contributed by atoms with van der Waals surface area (Å²) in [5, 5.41) is 0. The summed E-state index contributed by atoms with van der Waals surface area (Å²) in [4.78, 5) is 1.43. The summed E-state index contributed by atoms with van der Waals surface area (Å²) >= 11 is 2.95. The first-order valence-electron chi connectivity index (χ1n) is 2.74. The van der Waals surface area contributed by atoms with Crippen LogP contribution in [-0.2, 0) is 0 Å². The fraction of sp³-hybridized carbons (Fsp3) is 0.143. The Morgan fingerprint density at radius 3 is 2.60 bits per heavy atom. The predicted octanol–water partition coefficient (Wildman–Crippen LogP) is 2.26. The van der Waals surface area contributed by atoms with Crippen LogP contribution >= 0.6 is 15.9 Å². The lowest BCUT2D eigenvalue weighted by Crippen LogP contribution is -2.01. The molecule has 0 amide bonds. The van der Waals surface area contributed by atoms with Crippen LogP contribution in [-0.4, -0.2) is 6.54 Å². The molecule has 0 aromatic rings. The van der Waals surface area contributed by atoms with Crippen LogP contribution in [0.2, 0.25) is 0 Å². The van der Waals surface area contributed by atoms with Crippen molar-refractivity contribution in [3.05, 3.63) is 35.1 Å². The van der Waals surface area contributed by atoms with Crippen molar-refractivity contribution in [1.82, 2.24) is 0 Å². The summed E-state index contributed by atoms with van der Waals surface area (Å²) in [6.45, 7) is 3.58. The summed E-state index contributed by atoms with van der Waals surface area (Å²) in [7, 11) is 0. The van der Waals surface area contributed by atoms with Crippen LogP contribution in [0.15, 0.2) is 35.1 Å². The fourth-order valence-electron chi connectivity index (χ4n) is 0.441.